The number of methoxy groups -OCH3 is 1. The Labute approximate surface area is 161 Å². The lowest BCUT2D eigenvalue weighted by atomic mass is 10.0. The van der Waals surface area contributed by atoms with E-state index in [0.717, 1.165) is 24.3 Å². The highest BCUT2D eigenvalue weighted by Gasteiger charge is 2.25. The van der Waals surface area contributed by atoms with Gasteiger partial charge in [-0.1, -0.05) is 30.3 Å². The Balaban J connectivity index is 0.00000338. The molecule has 0 aliphatic carbocycles. The van der Waals surface area contributed by atoms with Crippen LogP contribution in [0.5, 0.6) is 11.5 Å². The molecule has 1 N–H and O–H groups in total. The molecule has 0 aliphatic rings. The Bertz CT molecular complexity index is 650. The largest absolute Gasteiger partial charge is 0.497 e. The van der Waals surface area contributed by atoms with Crippen molar-refractivity contribution in [3.63, 3.8) is 0 Å². The summed E-state index contributed by atoms with van der Waals surface area (Å²) >= 11 is 0. The number of nitrogens with one attached hydrogen (secondary N) is 1. The Morgan fingerprint density at radius 2 is 1.73 bits per heavy atom. The number of ether oxygens (including phenoxy) is 2. The van der Waals surface area contributed by atoms with Crippen molar-refractivity contribution in [2.45, 2.75) is 19.4 Å². The van der Waals surface area contributed by atoms with Crippen LogP contribution in [0.4, 0.5) is 4.79 Å². The molecule has 0 heterocycles. The fourth-order valence-corrected chi connectivity index (χ4v) is 2.73. The van der Waals surface area contributed by atoms with Gasteiger partial charge in [-0.05, 0) is 56.8 Å². The van der Waals surface area contributed by atoms with Crippen LogP contribution in [0, 0.1) is 0 Å². The van der Waals surface area contributed by atoms with Crippen molar-refractivity contribution in [2.24, 2.45) is 0 Å². The molecule has 142 valence electrons. The molecule has 0 saturated heterocycles. The normalized spacial score (nSPS) is 11.2. The van der Waals surface area contributed by atoms with Crippen LogP contribution >= 0.6 is 12.4 Å². The number of hydrogen-bond donors (Lipinski definition) is 1. The van der Waals surface area contributed by atoms with Gasteiger partial charge in [0.15, 0.2) is 0 Å². The van der Waals surface area contributed by atoms with E-state index in [4.69, 9.17) is 9.47 Å². The van der Waals surface area contributed by atoms with Gasteiger partial charge in [0.1, 0.15) is 11.5 Å². The van der Waals surface area contributed by atoms with E-state index in [1.54, 1.807) is 24.1 Å². The first kappa shape index (κ1) is 21.8. The molecule has 1 amide bonds. The van der Waals surface area contributed by atoms with E-state index in [1.165, 1.54) is 0 Å². The Morgan fingerprint density at radius 1 is 1.08 bits per heavy atom. The highest BCUT2D eigenvalue weighted by molar-refractivity contribution is 5.85. The van der Waals surface area contributed by atoms with E-state index >= 15 is 0 Å². The molecule has 0 fully saturated rings. The standard InChI is InChI=1S/C20H26N2O3.ClH/c1-4-22(20(23)25-18-8-6-5-7-9-18)19(14-15-21-2)16-10-12-17(24-3)13-11-16;/h5-13,19,21H,4,14-15H2,1-3H3;1H. The van der Waals surface area contributed by atoms with Crippen molar-refractivity contribution >= 4 is 18.5 Å². The number of benzene rings is 2. The SMILES string of the molecule is CCN(C(=O)Oc1ccccc1)C(CCNC)c1ccc(OC)cc1.Cl. The summed E-state index contributed by atoms with van der Waals surface area (Å²) in [5.74, 6) is 1.35. The van der Waals surface area contributed by atoms with Crippen molar-refractivity contribution in [2.75, 3.05) is 27.2 Å². The fourth-order valence-electron chi connectivity index (χ4n) is 2.73. The summed E-state index contributed by atoms with van der Waals surface area (Å²) in [6.07, 6.45) is 0.450. The van der Waals surface area contributed by atoms with Crippen molar-refractivity contribution in [1.82, 2.24) is 10.2 Å². The first-order valence-corrected chi connectivity index (χ1v) is 8.51. The zero-order valence-corrected chi connectivity index (χ0v) is 16.3. The van der Waals surface area contributed by atoms with Gasteiger partial charge in [0.25, 0.3) is 0 Å². The Morgan fingerprint density at radius 3 is 2.27 bits per heavy atom. The first-order chi connectivity index (χ1) is 12.2. The number of carbonyl (C=O) groups is 1. The second-order valence-electron chi connectivity index (χ2n) is 5.65. The summed E-state index contributed by atoms with van der Waals surface area (Å²) in [6.45, 7) is 3.32. The maximum absolute atomic E-state index is 12.7. The lowest BCUT2D eigenvalue weighted by Gasteiger charge is -2.30. The van der Waals surface area contributed by atoms with E-state index in [2.05, 4.69) is 5.32 Å². The molecule has 2 aromatic carbocycles. The van der Waals surface area contributed by atoms with Crippen LogP contribution in [0.2, 0.25) is 0 Å². The molecule has 0 saturated carbocycles. The summed E-state index contributed by atoms with van der Waals surface area (Å²) in [7, 11) is 3.55. The second kappa shape index (κ2) is 11.4. The van der Waals surface area contributed by atoms with Gasteiger partial charge in [-0.15, -0.1) is 12.4 Å². The van der Waals surface area contributed by atoms with Gasteiger partial charge in [0, 0.05) is 6.54 Å². The molecular weight excluding hydrogens is 352 g/mol. The van der Waals surface area contributed by atoms with Crippen molar-refractivity contribution in [3.05, 3.63) is 60.2 Å². The van der Waals surface area contributed by atoms with Crippen molar-refractivity contribution in [1.29, 1.82) is 0 Å². The minimum Gasteiger partial charge on any atom is -0.497 e. The number of halogens is 1. The van der Waals surface area contributed by atoms with Gasteiger partial charge in [-0.25, -0.2) is 4.79 Å². The molecule has 1 atom stereocenters. The van der Waals surface area contributed by atoms with Gasteiger partial charge < -0.3 is 19.7 Å². The molecule has 2 rings (SSSR count). The molecule has 1 unspecified atom stereocenters. The summed E-state index contributed by atoms with van der Waals surface area (Å²) in [4.78, 5) is 14.5. The van der Waals surface area contributed by atoms with Gasteiger partial charge >= 0.3 is 6.09 Å². The van der Waals surface area contributed by atoms with E-state index in [-0.39, 0.29) is 24.5 Å². The molecule has 0 radical (unpaired) electrons. The summed E-state index contributed by atoms with van der Waals surface area (Å²) in [5.41, 5.74) is 1.06. The van der Waals surface area contributed by atoms with Crippen LogP contribution in [0.3, 0.4) is 0 Å². The Hall–Kier alpha value is -2.24. The number of amides is 1. The van der Waals surface area contributed by atoms with Crippen molar-refractivity contribution in [3.8, 4) is 11.5 Å². The van der Waals surface area contributed by atoms with Crippen LogP contribution in [-0.2, 0) is 0 Å². The average Bonchev–Trinajstić information content (AvgIpc) is 2.66. The third-order valence-corrected chi connectivity index (χ3v) is 4.07. The topological polar surface area (TPSA) is 50.8 Å². The molecule has 2 aromatic rings. The highest BCUT2D eigenvalue weighted by atomic mass is 35.5. The van der Waals surface area contributed by atoms with E-state index in [9.17, 15) is 4.79 Å². The van der Waals surface area contributed by atoms with Crippen LogP contribution < -0.4 is 14.8 Å². The van der Waals surface area contributed by atoms with Crippen LogP contribution in [0.15, 0.2) is 54.6 Å². The molecule has 6 heteroatoms. The van der Waals surface area contributed by atoms with E-state index in [1.807, 2.05) is 56.4 Å². The minimum atomic E-state index is -0.342. The lowest BCUT2D eigenvalue weighted by molar-refractivity contribution is 0.131. The monoisotopic (exact) mass is 378 g/mol. The smallest absolute Gasteiger partial charge is 0.415 e. The van der Waals surface area contributed by atoms with Crippen LogP contribution in [0.25, 0.3) is 0 Å². The van der Waals surface area contributed by atoms with E-state index < -0.39 is 0 Å². The summed E-state index contributed by atoms with van der Waals surface area (Å²) in [5, 5.41) is 3.15. The number of carbonyl (C=O) groups excluding carboxylic acids is 1. The predicted octanol–water partition coefficient (Wildman–Crippen LogP) is 4.29. The van der Waals surface area contributed by atoms with Gasteiger partial charge in [0.2, 0.25) is 0 Å². The van der Waals surface area contributed by atoms with Crippen LogP contribution in [-0.4, -0.2) is 38.2 Å². The fraction of sp³-hybridized carbons (Fsp3) is 0.350. The first-order valence-electron chi connectivity index (χ1n) is 8.51. The third kappa shape index (κ3) is 5.93. The predicted molar refractivity (Wildman–Crippen MR) is 106 cm³/mol. The van der Waals surface area contributed by atoms with Gasteiger partial charge in [-0.2, -0.15) is 0 Å². The maximum Gasteiger partial charge on any atom is 0.415 e. The van der Waals surface area contributed by atoms with Crippen molar-refractivity contribution < 1.29 is 14.3 Å². The van der Waals surface area contributed by atoms with Gasteiger partial charge in [-0.3, -0.25) is 0 Å². The molecule has 26 heavy (non-hydrogen) atoms. The quantitative estimate of drug-likeness (QED) is 0.744. The number of nitrogens with zero attached hydrogens (tertiary/aromatic N) is 1. The summed E-state index contributed by atoms with van der Waals surface area (Å²) < 4.78 is 10.8. The molecule has 0 aromatic heterocycles. The maximum atomic E-state index is 12.7. The van der Waals surface area contributed by atoms with Gasteiger partial charge in [0.05, 0.1) is 13.2 Å². The molecule has 0 spiro atoms. The molecule has 5 nitrogen and oxygen atoms in total. The number of para-hydroxylation sites is 1. The average molecular weight is 379 g/mol. The molecular formula is C20H27ClN2O3. The molecule has 0 aliphatic heterocycles. The Kier molecular flexibility index (Phi) is 9.55. The minimum absolute atomic E-state index is 0. The molecule has 0 bridgehead atoms. The second-order valence-corrected chi connectivity index (χ2v) is 5.65. The third-order valence-electron chi connectivity index (χ3n) is 4.07. The number of hydrogen-bond acceptors (Lipinski definition) is 4. The number of rotatable bonds is 8. The summed E-state index contributed by atoms with van der Waals surface area (Å²) in [6, 6.07) is 16.9. The highest BCUT2D eigenvalue weighted by Crippen LogP contribution is 2.27. The zero-order valence-electron chi connectivity index (χ0n) is 15.5. The zero-order chi connectivity index (χ0) is 18.1. The van der Waals surface area contributed by atoms with Crippen LogP contribution in [0.1, 0.15) is 24.9 Å². The lowest BCUT2D eigenvalue weighted by Crippen LogP contribution is -2.38. The van der Waals surface area contributed by atoms with E-state index in [0.29, 0.717) is 12.3 Å².